The molecule has 1 amide bonds. The average Bonchev–Trinajstić information content (AvgIpc) is 3.03. The van der Waals surface area contributed by atoms with Crippen LogP contribution in [0.25, 0.3) is 0 Å². The summed E-state index contributed by atoms with van der Waals surface area (Å²) < 4.78 is 46.1. The standard InChI is InChI=1S/C17H14F3N3O5/c1-16(10-2-4-11(5-3-10)27-17(18,19)20)8-14(23-28-16)26-12-6-7-13(21-9-12)15(24)22-25/h2-9,23,25H,1H3,(H,22,24)/t16-/m1/s1. The van der Waals surface area contributed by atoms with Crippen LogP contribution in [0.4, 0.5) is 13.2 Å². The molecule has 3 rings (SSSR count). The third-order valence-electron chi connectivity index (χ3n) is 3.73. The van der Waals surface area contributed by atoms with E-state index in [1.165, 1.54) is 48.1 Å². The predicted octanol–water partition coefficient (Wildman–Crippen LogP) is 2.77. The van der Waals surface area contributed by atoms with Gasteiger partial charge in [0, 0.05) is 6.08 Å². The minimum atomic E-state index is -4.76. The Hall–Kier alpha value is -3.31. The van der Waals surface area contributed by atoms with Gasteiger partial charge in [0.1, 0.15) is 22.8 Å². The van der Waals surface area contributed by atoms with Gasteiger partial charge in [0.15, 0.2) is 0 Å². The Morgan fingerprint density at radius 2 is 1.89 bits per heavy atom. The summed E-state index contributed by atoms with van der Waals surface area (Å²) in [5.41, 5.74) is 3.58. The number of halogens is 3. The Bertz CT molecular complexity index is 884. The van der Waals surface area contributed by atoms with Gasteiger partial charge in [-0.3, -0.25) is 14.8 Å². The fourth-order valence-electron chi connectivity index (χ4n) is 2.40. The van der Waals surface area contributed by atoms with Crippen LogP contribution in [0.5, 0.6) is 11.5 Å². The fraction of sp³-hybridized carbons (Fsp3) is 0.176. The Morgan fingerprint density at radius 1 is 1.21 bits per heavy atom. The second kappa shape index (κ2) is 7.37. The zero-order chi connectivity index (χ0) is 20.4. The molecular formula is C17H14F3N3O5. The summed E-state index contributed by atoms with van der Waals surface area (Å²) in [4.78, 5) is 20.5. The summed E-state index contributed by atoms with van der Waals surface area (Å²) in [5, 5.41) is 8.56. The van der Waals surface area contributed by atoms with E-state index in [-0.39, 0.29) is 23.1 Å². The van der Waals surface area contributed by atoms with Gasteiger partial charge in [-0.1, -0.05) is 12.1 Å². The normalized spacial score (nSPS) is 18.8. The van der Waals surface area contributed by atoms with E-state index in [0.29, 0.717) is 5.56 Å². The van der Waals surface area contributed by atoms with Crippen LogP contribution in [0.1, 0.15) is 23.0 Å². The van der Waals surface area contributed by atoms with Crippen molar-refractivity contribution < 1.29 is 37.5 Å². The average molecular weight is 397 g/mol. The highest BCUT2D eigenvalue weighted by atomic mass is 19.4. The molecular weight excluding hydrogens is 383 g/mol. The number of carbonyl (C=O) groups is 1. The van der Waals surface area contributed by atoms with E-state index in [1.54, 1.807) is 13.0 Å². The summed E-state index contributed by atoms with van der Waals surface area (Å²) in [5.74, 6) is -0.600. The van der Waals surface area contributed by atoms with Crippen LogP contribution in [0.3, 0.4) is 0 Å². The van der Waals surface area contributed by atoms with Gasteiger partial charge in [-0.25, -0.2) is 15.9 Å². The van der Waals surface area contributed by atoms with Crippen molar-refractivity contribution in [1.82, 2.24) is 15.9 Å². The smallest absolute Gasteiger partial charge is 0.438 e. The molecule has 0 bridgehead atoms. The lowest BCUT2D eigenvalue weighted by atomic mass is 9.96. The summed E-state index contributed by atoms with van der Waals surface area (Å²) in [6, 6.07) is 8.03. The van der Waals surface area contributed by atoms with Crippen LogP contribution in [0.2, 0.25) is 0 Å². The predicted molar refractivity (Wildman–Crippen MR) is 86.9 cm³/mol. The zero-order valence-electron chi connectivity index (χ0n) is 14.3. The van der Waals surface area contributed by atoms with Crippen molar-refractivity contribution in [3.63, 3.8) is 0 Å². The number of alkyl halides is 3. The topological polar surface area (TPSA) is 102 Å². The van der Waals surface area contributed by atoms with Crippen LogP contribution < -0.4 is 20.4 Å². The SMILES string of the molecule is C[C@]1(c2ccc(OC(F)(F)F)cc2)C=C(Oc2ccc(C(=O)NO)nc2)NO1. The lowest BCUT2D eigenvalue weighted by Crippen LogP contribution is -2.23. The Labute approximate surface area is 156 Å². The van der Waals surface area contributed by atoms with Crippen LogP contribution in [-0.4, -0.2) is 22.5 Å². The molecule has 1 aromatic carbocycles. The number of nitrogens with one attached hydrogen (secondary N) is 2. The van der Waals surface area contributed by atoms with Gasteiger partial charge in [0.05, 0.1) is 6.20 Å². The maximum Gasteiger partial charge on any atom is 0.573 e. The second-order valence-corrected chi connectivity index (χ2v) is 5.81. The maximum atomic E-state index is 12.2. The molecule has 0 spiro atoms. The minimum absolute atomic E-state index is 0.00883. The Balaban J connectivity index is 1.70. The highest BCUT2D eigenvalue weighted by molar-refractivity contribution is 5.91. The number of hydrogen-bond acceptors (Lipinski definition) is 7. The summed E-state index contributed by atoms with van der Waals surface area (Å²) in [6.07, 6.45) is -1.91. The Kier molecular flexibility index (Phi) is 5.12. The third-order valence-corrected chi connectivity index (χ3v) is 3.73. The van der Waals surface area contributed by atoms with Crippen molar-refractivity contribution in [2.75, 3.05) is 0 Å². The van der Waals surface area contributed by atoms with Crippen molar-refractivity contribution in [3.05, 3.63) is 65.8 Å². The number of amides is 1. The highest BCUT2D eigenvalue weighted by Gasteiger charge is 2.34. The van der Waals surface area contributed by atoms with E-state index in [0.717, 1.165) is 0 Å². The van der Waals surface area contributed by atoms with Crippen LogP contribution in [0.15, 0.2) is 54.6 Å². The number of hydroxylamine groups is 2. The third kappa shape index (κ3) is 4.50. The Morgan fingerprint density at radius 3 is 2.46 bits per heavy atom. The van der Waals surface area contributed by atoms with E-state index < -0.39 is 17.9 Å². The molecule has 0 saturated carbocycles. The lowest BCUT2D eigenvalue weighted by Gasteiger charge is -2.20. The number of ether oxygens (including phenoxy) is 2. The lowest BCUT2D eigenvalue weighted by molar-refractivity contribution is -0.274. The minimum Gasteiger partial charge on any atom is -0.438 e. The molecule has 148 valence electrons. The molecule has 1 aliphatic heterocycles. The largest absolute Gasteiger partial charge is 0.573 e. The molecule has 28 heavy (non-hydrogen) atoms. The summed E-state index contributed by atoms with van der Waals surface area (Å²) in [7, 11) is 0. The second-order valence-electron chi connectivity index (χ2n) is 5.81. The van der Waals surface area contributed by atoms with Gasteiger partial charge >= 0.3 is 6.36 Å². The molecule has 3 N–H and O–H groups in total. The van der Waals surface area contributed by atoms with E-state index in [4.69, 9.17) is 14.8 Å². The molecule has 1 atom stereocenters. The number of aromatic nitrogens is 1. The van der Waals surface area contributed by atoms with E-state index >= 15 is 0 Å². The molecule has 2 aromatic rings. The van der Waals surface area contributed by atoms with Crippen molar-refractivity contribution in [3.8, 4) is 11.5 Å². The van der Waals surface area contributed by atoms with Gasteiger partial charge in [-0.05, 0) is 36.8 Å². The van der Waals surface area contributed by atoms with Gasteiger partial charge in [-0.15, -0.1) is 13.2 Å². The zero-order valence-corrected chi connectivity index (χ0v) is 14.3. The van der Waals surface area contributed by atoms with Crippen LogP contribution in [-0.2, 0) is 10.4 Å². The van der Waals surface area contributed by atoms with Crippen LogP contribution in [0, 0.1) is 0 Å². The molecule has 1 aliphatic rings. The fourth-order valence-corrected chi connectivity index (χ4v) is 2.40. The quantitative estimate of drug-likeness (QED) is 0.527. The van der Waals surface area contributed by atoms with Gasteiger partial charge < -0.3 is 9.47 Å². The first kappa shape index (κ1) is 19.5. The number of pyridine rings is 1. The maximum absolute atomic E-state index is 12.2. The van der Waals surface area contributed by atoms with Crippen molar-refractivity contribution in [1.29, 1.82) is 0 Å². The van der Waals surface area contributed by atoms with Crippen LogP contribution >= 0.6 is 0 Å². The number of benzene rings is 1. The van der Waals surface area contributed by atoms with E-state index in [2.05, 4.69) is 15.2 Å². The van der Waals surface area contributed by atoms with Crippen molar-refractivity contribution in [2.45, 2.75) is 18.9 Å². The molecule has 8 nitrogen and oxygen atoms in total. The highest BCUT2D eigenvalue weighted by Crippen LogP contribution is 2.33. The molecule has 0 fully saturated rings. The van der Waals surface area contributed by atoms with Crippen molar-refractivity contribution >= 4 is 5.91 Å². The first-order chi connectivity index (χ1) is 13.2. The molecule has 0 unspecified atom stereocenters. The van der Waals surface area contributed by atoms with Gasteiger partial charge in [0.25, 0.3) is 5.91 Å². The molecule has 0 aliphatic carbocycles. The molecule has 2 heterocycles. The summed E-state index contributed by atoms with van der Waals surface area (Å²) >= 11 is 0. The van der Waals surface area contributed by atoms with Gasteiger partial charge in [0.2, 0.25) is 5.88 Å². The number of hydrogen-bond donors (Lipinski definition) is 3. The molecule has 11 heteroatoms. The first-order valence-electron chi connectivity index (χ1n) is 7.80. The van der Waals surface area contributed by atoms with E-state index in [9.17, 15) is 18.0 Å². The monoisotopic (exact) mass is 397 g/mol. The van der Waals surface area contributed by atoms with E-state index in [1.807, 2.05) is 0 Å². The molecule has 0 radical (unpaired) electrons. The number of nitrogens with zero attached hydrogens (tertiary/aromatic N) is 1. The first-order valence-corrected chi connectivity index (χ1v) is 7.80. The molecule has 1 aromatic heterocycles. The molecule has 0 saturated heterocycles. The number of rotatable bonds is 5. The summed E-state index contributed by atoms with van der Waals surface area (Å²) in [6.45, 7) is 1.68. The van der Waals surface area contributed by atoms with Gasteiger partial charge in [-0.2, -0.15) is 0 Å². The number of carbonyl (C=O) groups excluding carboxylic acids is 1. The van der Waals surface area contributed by atoms with Crippen molar-refractivity contribution in [2.24, 2.45) is 0 Å².